The lowest BCUT2D eigenvalue weighted by atomic mass is 10.0. The number of amides is 1. The molecule has 6 nitrogen and oxygen atoms in total. The Hall–Kier alpha value is -4.06. The van der Waals surface area contributed by atoms with Gasteiger partial charge in [-0.2, -0.15) is 0 Å². The zero-order chi connectivity index (χ0) is 19.5. The van der Waals surface area contributed by atoms with E-state index < -0.39 is 4.92 Å². The third-order valence-corrected chi connectivity index (χ3v) is 4.46. The monoisotopic (exact) mass is 369 g/mol. The maximum absolute atomic E-state index is 12.9. The lowest BCUT2D eigenvalue weighted by Gasteiger charge is -2.12. The van der Waals surface area contributed by atoms with Crippen LogP contribution in [0.25, 0.3) is 22.0 Å². The topological polar surface area (TPSA) is 85.1 Å². The Balaban J connectivity index is 1.69. The first kappa shape index (κ1) is 17.4. The molecule has 0 aliphatic rings. The van der Waals surface area contributed by atoms with E-state index in [-0.39, 0.29) is 11.6 Å². The van der Waals surface area contributed by atoms with Gasteiger partial charge in [0.15, 0.2) is 0 Å². The molecule has 0 radical (unpaired) electrons. The van der Waals surface area contributed by atoms with Gasteiger partial charge in [0.1, 0.15) is 0 Å². The summed E-state index contributed by atoms with van der Waals surface area (Å²) in [4.78, 5) is 27.6. The van der Waals surface area contributed by atoms with E-state index in [0.717, 1.165) is 22.0 Å². The highest BCUT2D eigenvalue weighted by Gasteiger charge is 2.14. The van der Waals surface area contributed by atoms with E-state index in [1.165, 1.54) is 12.1 Å². The van der Waals surface area contributed by atoms with Crippen LogP contribution < -0.4 is 5.32 Å². The minimum absolute atomic E-state index is 0.0218. The molecule has 4 aromatic rings. The van der Waals surface area contributed by atoms with Crippen LogP contribution in [0.2, 0.25) is 0 Å². The number of nitro benzene ring substituents is 1. The number of fused-ring (bicyclic) bond motifs is 1. The summed E-state index contributed by atoms with van der Waals surface area (Å²) in [7, 11) is 0. The summed E-state index contributed by atoms with van der Waals surface area (Å²) in [6, 6.07) is 22.7. The van der Waals surface area contributed by atoms with Crippen molar-refractivity contribution in [3.63, 3.8) is 0 Å². The normalized spacial score (nSPS) is 10.6. The summed E-state index contributed by atoms with van der Waals surface area (Å²) in [5.41, 5.74) is 3.49. The Bertz CT molecular complexity index is 1180. The fraction of sp³-hybridized carbons (Fsp3) is 0. The van der Waals surface area contributed by atoms with Crippen LogP contribution in [0.4, 0.5) is 11.4 Å². The first-order chi connectivity index (χ1) is 13.6. The van der Waals surface area contributed by atoms with Crippen molar-refractivity contribution in [1.29, 1.82) is 0 Å². The minimum atomic E-state index is -0.438. The van der Waals surface area contributed by atoms with Crippen molar-refractivity contribution in [1.82, 2.24) is 4.98 Å². The molecular weight excluding hydrogens is 354 g/mol. The Morgan fingerprint density at radius 1 is 0.893 bits per heavy atom. The molecule has 0 bridgehead atoms. The highest BCUT2D eigenvalue weighted by atomic mass is 16.6. The van der Waals surface area contributed by atoms with Gasteiger partial charge in [0.05, 0.1) is 16.0 Å². The number of aromatic nitrogens is 1. The fourth-order valence-corrected chi connectivity index (χ4v) is 3.09. The SMILES string of the molecule is O=C(Nc1ccccc1-c1ccc([N+](=O)[O-])cc1)c1ccnc2ccccc12. The molecule has 136 valence electrons. The van der Waals surface area contributed by atoms with Crippen molar-refractivity contribution in [3.05, 3.63) is 101 Å². The van der Waals surface area contributed by atoms with Crippen molar-refractivity contribution in [3.8, 4) is 11.1 Å². The number of benzene rings is 3. The molecule has 0 spiro atoms. The Labute approximate surface area is 160 Å². The molecular formula is C22H15N3O3. The van der Waals surface area contributed by atoms with Crippen LogP contribution in [0.15, 0.2) is 85.1 Å². The van der Waals surface area contributed by atoms with Crippen LogP contribution in [-0.2, 0) is 0 Å². The zero-order valence-corrected chi connectivity index (χ0v) is 14.7. The number of anilines is 1. The molecule has 1 aromatic heterocycles. The van der Waals surface area contributed by atoms with Gasteiger partial charge in [0.2, 0.25) is 0 Å². The molecule has 0 fully saturated rings. The maximum atomic E-state index is 12.9. The van der Waals surface area contributed by atoms with Crippen molar-refractivity contribution >= 4 is 28.2 Å². The summed E-state index contributed by atoms with van der Waals surface area (Å²) in [6.07, 6.45) is 1.61. The van der Waals surface area contributed by atoms with E-state index in [2.05, 4.69) is 10.3 Å². The second-order valence-electron chi connectivity index (χ2n) is 6.18. The zero-order valence-electron chi connectivity index (χ0n) is 14.7. The predicted molar refractivity (Wildman–Crippen MR) is 108 cm³/mol. The number of nitro groups is 1. The Morgan fingerprint density at radius 2 is 1.61 bits per heavy atom. The van der Waals surface area contributed by atoms with Gasteiger partial charge < -0.3 is 5.32 Å². The molecule has 6 heteroatoms. The standard InChI is InChI=1S/C22H15N3O3/c26-22(19-13-14-23-20-7-3-2-6-18(19)20)24-21-8-4-1-5-17(21)15-9-11-16(12-10-15)25(27)28/h1-14H,(H,24,26). The largest absolute Gasteiger partial charge is 0.321 e. The highest BCUT2D eigenvalue weighted by molar-refractivity contribution is 6.13. The number of nitrogens with zero attached hydrogens (tertiary/aromatic N) is 2. The average Bonchev–Trinajstić information content (AvgIpc) is 2.74. The molecule has 0 atom stereocenters. The first-order valence-electron chi connectivity index (χ1n) is 8.62. The second kappa shape index (κ2) is 7.28. The Morgan fingerprint density at radius 3 is 2.39 bits per heavy atom. The van der Waals surface area contributed by atoms with E-state index in [1.807, 2.05) is 42.5 Å². The van der Waals surface area contributed by atoms with Crippen LogP contribution in [-0.4, -0.2) is 15.8 Å². The number of nitrogens with one attached hydrogen (secondary N) is 1. The number of para-hydroxylation sites is 2. The maximum Gasteiger partial charge on any atom is 0.269 e. The fourth-order valence-electron chi connectivity index (χ4n) is 3.09. The molecule has 1 N–H and O–H groups in total. The number of carbonyl (C=O) groups is 1. The van der Waals surface area contributed by atoms with Crippen molar-refractivity contribution in [2.75, 3.05) is 5.32 Å². The number of pyridine rings is 1. The lowest BCUT2D eigenvalue weighted by molar-refractivity contribution is -0.384. The van der Waals surface area contributed by atoms with Crippen molar-refractivity contribution in [2.24, 2.45) is 0 Å². The van der Waals surface area contributed by atoms with Crippen LogP contribution in [0, 0.1) is 10.1 Å². The van der Waals surface area contributed by atoms with E-state index in [4.69, 9.17) is 0 Å². The predicted octanol–water partition coefficient (Wildman–Crippen LogP) is 5.06. The average molecular weight is 369 g/mol. The molecule has 1 amide bonds. The number of carbonyl (C=O) groups excluding carboxylic acids is 1. The molecule has 0 saturated heterocycles. The second-order valence-corrected chi connectivity index (χ2v) is 6.18. The van der Waals surface area contributed by atoms with Crippen LogP contribution >= 0.6 is 0 Å². The number of hydrogen-bond acceptors (Lipinski definition) is 4. The lowest BCUT2D eigenvalue weighted by Crippen LogP contribution is -2.13. The van der Waals surface area contributed by atoms with Gasteiger partial charge >= 0.3 is 0 Å². The van der Waals surface area contributed by atoms with Gasteiger partial charge in [-0.15, -0.1) is 0 Å². The molecule has 0 saturated carbocycles. The van der Waals surface area contributed by atoms with E-state index in [9.17, 15) is 14.9 Å². The van der Waals surface area contributed by atoms with Gasteiger partial charge in [0.25, 0.3) is 11.6 Å². The molecule has 1 heterocycles. The highest BCUT2D eigenvalue weighted by Crippen LogP contribution is 2.30. The quantitative estimate of drug-likeness (QED) is 0.402. The van der Waals surface area contributed by atoms with E-state index in [1.54, 1.807) is 30.5 Å². The van der Waals surface area contributed by atoms with Crippen LogP contribution in [0.3, 0.4) is 0 Å². The third-order valence-electron chi connectivity index (χ3n) is 4.46. The molecule has 0 aliphatic carbocycles. The number of hydrogen-bond donors (Lipinski definition) is 1. The van der Waals surface area contributed by atoms with Crippen molar-refractivity contribution in [2.45, 2.75) is 0 Å². The smallest absolute Gasteiger partial charge is 0.269 e. The van der Waals surface area contributed by atoms with Crippen molar-refractivity contribution < 1.29 is 9.72 Å². The van der Waals surface area contributed by atoms with Gasteiger partial charge in [-0.3, -0.25) is 19.9 Å². The first-order valence-corrected chi connectivity index (χ1v) is 8.62. The summed E-state index contributed by atoms with van der Waals surface area (Å²) >= 11 is 0. The molecule has 0 aliphatic heterocycles. The summed E-state index contributed by atoms with van der Waals surface area (Å²) in [5, 5.41) is 14.6. The minimum Gasteiger partial charge on any atom is -0.321 e. The van der Waals surface area contributed by atoms with Crippen LogP contribution in [0.1, 0.15) is 10.4 Å². The van der Waals surface area contributed by atoms with Gasteiger partial charge in [-0.25, -0.2) is 0 Å². The number of non-ortho nitro benzene ring substituents is 1. The van der Waals surface area contributed by atoms with Crippen LogP contribution in [0.5, 0.6) is 0 Å². The molecule has 4 rings (SSSR count). The van der Waals surface area contributed by atoms with E-state index >= 15 is 0 Å². The van der Waals surface area contributed by atoms with Gasteiger partial charge in [-0.05, 0) is 35.9 Å². The number of rotatable bonds is 4. The molecule has 3 aromatic carbocycles. The summed E-state index contributed by atoms with van der Waals surface area (Å²) in [6.45, 7) is 0. The van der Waals surface area contributed by atoms with Gasteiger partial charge in [0, 0.05) is 35.0 Å². The Kier molecular flexibility index (Phi) is 4.51. The summed E-state index contributed by atoms with van der Waals surface area (Å²) < 4.78 is 0. The third kappa shape index (κ3) is 3.31. The summed E-state index contributed by atoms with van der Waals surface area (Å²) in [5.74, 6) is -0.243. The molecule has 28 heavy (non-hydrogen) atoms. The van der Waals surface area contributed by atoms with E-state index in [0.29, 0.717) is 11.3 Å². The molecule has 0 unspecified atom stereocenters. The van der Waals surface area contributed by atoms with Gasteiger partial charge in [-0.1, -0.05) is 36.4 Å².